The monoisotopic (exact) mass is 370 g/mol. The van der Waals surface area contributed by atoms with Crippen LogP contribution in [0.3, 0.4) is 0 Å². The van der Waals surface area contributed by atoms with Gasteiger partial charge in [0.05, 0.1) is 12.3 Å². The molecule has 28 heavy (non-hydrogen) atoms. The number of benzene rings is 2. The number of aliphatic hydroxyl groups excluding tert-OH is 1. The van der Waals surface area contributed by atoms with Gasteiger partial charge >= 0.3 is 0 Å². The first-order valence-electron chi connectivity index (χ1n) is 9.08. The van der Waals surface area contributed by atoms with E-state index in [1.54, 1.807) is 10.7 Å². The Bertz CT molecular complexity index is 1210. The van der Waals surface area contributed by atoms with Crippen LogP contribution in [-0.4, -0.2) is 26.2 Å². The molecule has 0 saturated heterocycles. The molecule has 1 unspecified atom stereocenters. The number of rotatable bonds is 5. The van der Waals surface area contributed by atoms with E-state index in [1.165, 1.54) is 0 Å². The number of nitrogens with one attached hydrogen (secondary N) is 1. The minimum Gasteiger partial charge on any atom is -0.454 e. The van der Waals surface area contributed by atoms with Crippen molar-refractivity contribution in [3.8, 4) is 11.5 Å². The van der Waals surface area contributed by atoms with E-state index in [1.807, 2.05) is 72.8 Å². The van der Waals surface area contributed by atoms with Crippen LogP contribution in [0.1, 0.15) is 11.7 Å². The number of aromatic nitrogens is 3. The molecule has 0 radical (unpaired) electrons. The van der Waals surface area contributed by atoms with Crippen molar-refractivity contribution in [3.05, 3.63) is 84.6 Å². The fraction of sp³-hybridized carbons (Fsp3) is 0.0909. The maximum Gasteiger partial charge on any atom is 0.155 e. The highest BCUT2D eigenvalue weighted by Crippen LogP contribution is 2.28. The summed E-state index contributed by atoms with van der Waals surface area (Å²) < 4.78 is 7.70. The van der Waals surface area contributed by atoms with Gasteiger partial charge in [-0.1, -0.05) is 48.5 Å². The smallest absolute Gasteiger partial charge is 0.155 e. The summed E-state index contributed by atoms with van der Waals surface area (Å²) in [4.78, 5) is 4.41. The molecule has 5 rings (SSSR count). The number of hydrogen-bond acceptors (Lipinski definition) is 5. The van der Waals surface area contributed by atoms with E-state index in [4.69, 9.17) is 4.42 Å². The number of furan rings is 1. The van der Waals surface area contributed by atoms with Crippen LogP contribution in [0.5, 0.6) is 0 Å². The number of imidazole rings is 1. The van der Waals surface area contributed by atoms with E-state index in [-0.39, 0.29) is 0 Å². The Labute approximate surface area is 161 Å². The molecule has 0 bridgehead atoms. The van der Waals surface area contributed by atoms with Crippen LogP contribution in [0.15, 0.2) is 83.4 Å². The van der Waals surface area contributed by atoms with Crippen molar-refractivity contribution >= 4 is 22.4 Å². The largest absolute Gasteiger partial charge is 0.454 e. The second kappa shape index (κ2) is 6.83. The average Bonchev–Trinajstić information content (AvgIpc) is 3.36. The lowest BCUT2D eigenvalue weighted by Crippen LogP contribution is -2.13. The molecule has 6 heteroatoms. The van der Waals surface area contributed by atoms with Crippen LogP contribution in [0.4, 0.5) is 5.82 Å². The van der Waals surface area contributed by atoms with Crippen molar-refractivity contribution in [2.45, 2.75) is 6.10 Å². The summed E-state index contributed by atoms with van der Waals surface area (Å²) in [5.41, 5.74) is 3.19. The fourth-order valence-electron chi connectivity index (χ4n) is 3.24. The maximum atomic E-state index is 10.3. The molecule has 2 N–H and O–H groups in total. The summed E-state index contributed by atoms with van der Waals surface area (Å²) >= 11 is 0. The molecule has 3 aromatic heterocycles. The predicted octanol–water partition coefficient (Wildman–Crippen LogP) is 4.29. The first-order valence-corrected chi connectivity index (χ1v) is 9.08. The van der Waals surface area contributed by atoms with Gasteiger partial charge in [0.25, 0.3) is 0 Å². The molecule has 5 aromatic rings. The summed E-state index contributed by atoms with van der Waals surface area (Å²) in [6.07, 6.45) is 1.14. The molecule has 138 valence electrons. The molecule has 0 spiro atoms. The third kappa shape index (κ3) is 3.00. The quantitative estimate of drug-likeness (QED) is 0.483. The Kier molecular flexibility index (Phi) is 4.03. The number of aliphatic hydroxyl groups is 1. The van der Waals surface area contributed by atoms with Gasteiger partial charge in [-0.05, 0) is 29.8 Å². The van der Waals surface area contributed by atoms with Crippen LogP contribution >= 0.6 is 0 Å². The van der Waals surface area contributed by atoms with Gasteiger partial charge in [0.2, 0.25) is 0 Å². The highest BCUT2D eigenvalue weighted by atomic mass is 16.3. The standard InChI is InChI=1S/C22H18N4O2/c27-18(15-6-2-1-3-7-15)14-23-21-10-11-22-24-13-17(26(22)25-21)20-12-16-8-4-5-9-19(16)28-20/h1-13,18,27H,14H2,(H,23,25). The van der Waals surface area contributed by atoms with Gasteiger partial charge in [-0.2, -0.15) is 0 Å². The molecule has 3 heterocycles. The average molecular weight is 370 g/mol. The predicted molar refractivity (Wildman–Crippen MR) is 108 cm³/mol. The van der Waals surface area contributed by atoms with Crippen molar-refractivity contribution in [2.75, 3.05) is 11.9 Å². The Balaban J connectivity index is 1.43. The Morgan fingerprint density at radius 1 is 1.00 bits per heavy atom. The zero-order valence-corrected chi connectivity index (χ0v) is 15.0. The first-order chi connectivity index (χ1) is 13.8. The minimum absolute atomic E-state index is 0.358. The SMILES string of the molecule is OC(CNc1ccc2ncc(-c3cc4ccccc4o3)n2n1)c1ccccc1. The number of hydrogen-bond donors (Lipinski definition) is 2. The first kappa shape index (κ1) is 16.5. The van der Waals surface area contributed by atoms with Crippen LogP contribution in [0, 0.1) is 0 Å². The Hall–Kier alpha value is -3.64. The highest BCUT2D eigenvalue weighted by Gasteiger charge is 2.13. The second-order valence-corrected chi connectivity index (χ2v) is 6.59. The van der Waals surface area contributed by atoms with Crippen molar-refractivity contribution < 1.29 is 9.52 Å². The van der Waals surface area contributed by atoms with E-state index in [0.29, 0.717) is 18.1 Å². The normalized spacial score (nSPS) is 12.5. The third-order valence-corrected chi connectivity index (χ3v) is 4.70. The number of nitrogens with zero attached hydrogens (tertiary/aromatic N) is 3. The summed E-state index contributed by atoms with van der Waals surface area (Å²) in [5.74, 6) is 1.36. The lowest BCUT2D eigenvalue weighted by molar-refractivity contribution is 0.191. The second-order valence-electron chi connectivity index (χ2n) is 6.59. The van der Waals surface area contributed by atoms with E-state index in [9.17, 15) is 5.11 Å². The lowest BCUT2D eigenvalue weighted by atomic mass is 10.1. The molecule has 0 fully saturated rings. The highest BCUT2D eigenvalue weighted by molar-refractivity contribution is 5.82. The summed E-state index contributed by atoms with van der Waals surface area (Å²) in [6, 6.07) is 23.1. The number of para-hydroxylation sites is 1. The van der Waals surface area contributed by atoms with Crippen molar-refractivity contribution in [2.24, 2.45) is 0 Å². The van der Waals surface area contributed by atoms with Gasteiger partial charge in [-0.15, -0.1) is 5.10 Å². The van der Waals surface area contributed by atoms with Crippen LogP contribution in [-0.2, 0) is 0 Å². The lowest BCUT2D eigenvalue weighted by Gasteiger charge is -2.12. The molecule has 1 atom stereocenters. The molecular weight excluding hydrogens is 352 g/mol. The van der Waals surface area contributed by atoms with Crippen molar-refractivity contribution in [1.82, 2.24) is 14.6 Å². The molecule has 0 aliphatic heterocycles. The van der Waals surface area contributed by atoms with Crippen molar-refractivity contribution in [3.63, 3.8) is 0 Å². The summed E-state index contributed by atoms with van der Waals surface area (Å²) in [6.45, 7) is 0.358. The molecule has 2 aromatic carbocycles. The Morgan fingerprint density at radius 3 is 2.68 bits per heavy atom. The molecule has 0 saturated carbocycles. The molecule has 0 aliphatic rings. The number of fused-ring (bicyclic) bond motifs is 2. The van der Waals surface area contributed by atoms with E-state index in [0.717, 1.165) is 27.9 Å². The van der Waals surface area contributed by atoms with E-state index >= 15 is 0 Å². The Morgan fingerprint density at radius 2 is 1.82 bits per heavy atom. The van der Waals surface area contributed by atoms with Crippen LogP contribution < -0.4 is 5.32 Å². The minimum atomic E-state index is -0.615. The van der Waals surface area contributed by atoms with Gasteiger partial charge in [-0.3, -0.25) is 0 Å². The molecule has 0 amide bonds. The fourth-order valence-corrected chi connectivity index (χ4v) is 3.24. The van der Waals surface area contributed by atoms with Gasteiger partial charge < -0.3 is 14.8 Å². The zero-order valence-electron chi connectivity index (χ0n) is 15.0. The molecule has 6 nitrogen and oxygen atoms in total. The summed E-state index contributed by atoms with van der Waals surface area (Å²) in [7, 11) is 0. The van der Waals surface area contributed by atoms with Gasteiger partial charge in [0.15, 0.2) is 11.4 Å². The van der Waals surface area contributed by atoms with Crippen molar-refractivity contribution in [1.29, 1.82) is 0 Å². The van der Waals surface area contributed by atoms with Gasteiger partial charge in [0.1, 0.15) is 17.1 Å². The molecular formula is C22H18N4O2. The van der Waals surface area contributed by atoms with Crippen LogP contribution in [0.2, 0.25) is 0 Å². The maximum absolute atomic E-state index is 10.3. The van der Waals surface area contributed by atoms with E-state index < -0.39 is 6.10 Å². The molecule has 0 aliphatic carbocycles. The topological polar surface area (TPSA) is 75.6 Å². The van der Waals surface area contributed by atoms with Gasteiger partial charge in [0, 0.05) is 11.9 Å². The zero-order chi connectivity index (χ0) is 18.9. The summed E-state index contributed by atoms with van der Waals surface area (Å²) in [5, 5.41) is 19.2. The number of anilines is 1. The van der Waals surface area contributed by atoms with Crippen LogP contribution in [0.25, 0.3) is 28.1 Å². The van der Waals surface area contributed by atoms with E-state index in [2.05, 4.69) is 15.4 Å². The van der Waals surface area contributed by atoms with Gasteiger partial charge in [-0.25, -0.2) is 9.50 Å². The third-order valence-electron chi connectivity index (χ3n) is 4.70.